The lowest BCUT2D eigenvalue weighted by molar-refractivity contribution is -0.262. The van der Waals surface area contributed by atoms with Crippen LogP contribution in [0.15, 0.2) is 42.5 Å². The number of allylic oxidation sites excluding steroid dienone is 3. The number of aromatic carboxylic acids is 1. The fourth-order valence-corrected chi connectivity index (χ4v) is 13.9. The predicted molar refractivity (Wildman–Crippen MR) is 197 cm³/mol. The lowest BCUT2D eigenvalue weighted by atomic mass is 9.29. The molecule has 0 saturated heterocycles. The molecule has 1 aromatic rings. The number of carboxylic acids is 1. The molecule has 4 saturated carbocycles. The number of rotatable bonds is 8. The molecule has 5 aliphatic rings. The number of carbonyl (C=O) groups excluding carboxylic acids is 2. The number of hydrogen-bond acceptors (Lipinski definition) is 3. The zero-order chi connectivity index (χ0) is 35.8. The van der Waals surface area contributed by atoms with Gasteiger partial charge in [-0.2, -0.15) is 0 Å². The second-order valence-corrected chi connectivity index (χ2v) is 18.6. The number of amides is 2. The largest absolute Gasteiger partial charge is 0.478 e. The van der Waals surface area contributed by atoms with Crippen LogP contribution in [0.4, 0.5) is 0 Å². The SMILES string of the molecule is C=C(C)C[C@@H]1CC[C@]2(C(=O)NCCNC(C)=O)CC[C@@]3(C)[C@]4(C)CC[C@H]5C(C)(C)C(c6ccc(C(=O)O)cc6)=CC[C@]5(C)[C@H]4CC[C@]3(C)[C@@H]12. The molecule has 49 heavy (non-hydrogen) atoms. The van der Waals surface area contributed by atoms with Crippen LogP contribution in [-0.4, -0.2) is 36.0 Å². The fraction of sp³-hybridized carbons (Fsp3) is 0.698. The Kier molecular flexibility index (Phi) is 8.88. The van der Waals surface area contributed by atoms with Crippen molar-refractivity contribution in [3.63, 3.8) is 0 Å². The van der Waals surface area contributed by atoms with E-state index in [4.69, 9.17) is 0 Å². The van der Waals surface area contributed by atoms with Crippen molar-refractivity contribution in [2.24, 2.45) is 56.2 Å². The molecule has 5 aliphatic carbocycles. The first-order chi connectivity index (χ1) is 22.9. The van der Waals surface area contributed by atoms with Crippen molar-refractivity contribution in [1.82, 2.24) is 10.6 Å². The first-order valence-corrected chi connectivity index (χ1v) is 19.1. The zero-order valence-corrected chi connectivity index (χ0v) is 31.6. The van der Waals surface area contributed by atoms with Gasteiger partial charge >= 0.3 is 5.97 Å². The Labute approximate surface area is 295 Å². The molecule has 4 fully saturated rings. The van der Waals surface area contributed by atoms with Gasteiger partial charge in [-0.25, -0.2) is 4.79 Å². The molecule has 6 rings (SSSR count). The topological polar surface area (TPSA) is 95.5 Å². The summed E-state index contributed by atoms with van der Waals surface area (Å²) in [4.78, 5) is 37.5. The summed E-state index contributed by atoms with van der Waals surface area (Å²) >= 11 is 0. The van der Waals surface area contributed by atoms with Crippen LogP contribution < -0.4 is 10.6 Å². The summed E-state index contributed by atoms with van der Waals surface area (Å²) < 4.78 is 0. The fourth-order valence-electron chi connectivity index (χ4n) is 13.9. The standard InChI is InChI=1S/C43H62N2O4/c1-27(2)26-31-14-21-43(37(49)45-25-24-44-28(3)46)23-22-42(9)40(7)19-16-33-38(4,5)32(29-10-12-30(13-11-29)36(47)48)15-18-39(33,6)34(40)17-20-41(42,8)35(31)43/h10-13,15,31,33-35H,1,14,16-26H2,2-9H3,(H,44,46)(H,45,49)(H,47,48)/t31-,33-,34+,35+,39-,40+,41+,42-,43-/m0/s1. The van der Waals surface area contributed by atoms with Gasteiger partial charge in [0.15, 0.2) is 0 Å². The summed E-state index contributed by atoms with van der Waals surface area (Å²) in [5.74, 6) is 1.15. The minimum absolute atomic E-state index is 0.0301. The highest BCUT2D eigenvalue weighted by molar-refractivity contribution is 5.88. The van der Waals surface area contributed by atoms with Crippen molar-refractivity contribution in [1.29, 1.82) is 0 Å². The molecular formula is C43H62N2O4. The summed E-state index contributed by atoms with van der Waals surface area (Å²) in [6, 6.07) is 7.51. The molecule has 2 amide bonds. The number of carboxylic acid groups (broad SMARTS) is 1. The van der Waals surface area contributed by atoms with Gasteiger partial charge in [-0.3, -0.25) is 9.59 Å². The van der Waals surface area contributed by atoms with Gasteiger partial charge in [-0.15, -0.1) is 6.58 Å². The lowest BCUT2D eigenvalue weighted by Crippen LogP contribution is -2.70. The summed E-state index contributed by atoms with van der Waals surface area (Å²) in [6.07, 6.45) is 13.3. The van der Waals surface area contributed by atoms with Crippen LogP contribution in [0.2, 0.25) is 0 Å². The van der Waals surface area contributed by atoms with Gasteiger partial charge in [0.25, 0.3) is 0 Å². The predicted octanol–water partition coefficient (Wildman–Crippen LogP) is 9.07. The second-order valence-electron chi connectivity index (χ2n) is 18.6. The van der Waals surface area contributed by atoms with Crippen LogP contribution in [0.1, 0.15) is 136 Å². The molecular weight excluding hydrogens is 608 g/mol. The van der Waals surface area contributed by atoms with Crippen molar-refractivity contribution < 1.29 is 19.5 Å². The van der Waals surface area contributed by atoms with E-state index in [9.17, 15) is 19.5 Å². The normalized spacial score (nSPS) is 40.4. The maximum Gasteiger partial charge on any atom is 0.335 e. The third-order valence-electron chi connectivity index (χ3n) is 16.2. The Morgan fingerprint density at radius 1 is 0.816 bits per heavy atom. The number of nitrogens with one attached hydrogen (secondary N) is 2. The number of carbonyl (C=O) groups is 3. The van der Waals surface area contributed by atoms with Crippen molar-refractivity contribution in [3.05, 3.63) is 53.6 Å². The summed E-state index contributed by atoms with van der Waals surface area (Å²) in [5.41, 5.74) is 4.11. The highest BCUT2D eigenvalue weighted by atomic mass is 16.4. The summed E-state index contributed by atoms with van der Waals surface area (Å²) in [5, 5.41) is 15.6. The van der Waals surface area contributed by atoms with E-state index in [0.717, 1.165) is 50.5 Å². The van der Waals surface area contributed by atoms with E-state index in [1.807, 2.05) is 12.1 Å². The maximum absolute atomic E-state index is 14.4. The van der Waals surface area contributed by atoms with E-state index in [1.165, 1.54) is 37.3 Å². The minimum Gasteiger partial charge on any atom is -0.478 e. The molecule has 0 heterocycles. The summed E-state index contributed by atoms with van der Waals surface area (Å²) in [7, 11) is 0. The van der Waals surface area contributed by atoms with E-state index in [2.05, 4.69) is 71.8 Å². The Hall–Kier alpha value is -2.89. The van der Waals surface area contributed by atoms with Crippen LogP contribution in [0, 0.1) is 56.2 Å². The Morgan fingerprint density at radius 3 is 2.08 bits per heavy atom. The Morgan fingerprint density at radius 2 is 1.45 bits per heavy atom. The average Bonchev–Trinajstić information content (AvgIpc) is 3.40. The van der Waals surface area contributed by atoms with Crippen molar-refractivity contribution >= 4 is 23.4 Å². The molecule has 268 valence electrons. The van der Waals surface area contributed by atoms with E-state index in [1.54, 1.807) is 12.1 Å². The smallest absolute Gasteiger partial charge is 0.335 e. The zero-order valence-electron chi connectivity index (χ0n) is 31.6. The average molecular weight is 671 g/mol. The Balaban J connectivity index is 1.34. The number of benzene rings is 1. The third-order valence-corrected chi connectivity index (χ3v) is 16.2. The van der Waals surface area contributed by atoms with Crippen molar-refractivity contribution in [3.8, 4) is 0 Å². The third kappa shape index (κ3) is 5.19. The molecule has 0 unspecified atom stereocenters. The van der Waals surface area contributed by atoms with E-state index >= 15 is 0 Å². The molecule has 1 aromatic carbocycles. The van der Waals surface area contributed by atoms with Crippen LogP contribution in [0.3, 0.4) is 0 Å². The van der Waals surface area contributed by atoms with Crippen LogP contribution >= 0.6 is 0 Å². The lowest BCUT2D eigenvalue weighted by Gasteiger charge is -2.75. The van der Waals surface area contributed by atoms with Crippen molar-refractivity contribution in [2.45, 2.75) is 120 Å². The quantitative estimate of drug-likeness (QED) is 0.190. The second kappa shape index (κ2) is 12.1. The molecule has 6 nitrogen and oxygen atoms in total. The molecule has 3 N–H and O–H groups in total. The first-order valence-electron chi connectivity index (χ1n) is 19.1. The van der Waals surface area contributed by atoms with E-state index in [-0.39, 0.29) is 44.3 Å². The van der Waals surface area contributed by atoms with Crippen LogP contribution in [0.25, 0.3) is 5.57 Å². The molecule has 6 heteroatoms. The van der Waals surface area contributed by atoms with Gasteiger partial charge in [-0.05, 0) is 145 Å². The van der Waals surface area contributed by atoms with Crippen molar-refractivity contribution in [2.75, 3.05) is 13.1 Å². The number of fused-ring (bicyclic) bond motifs is 7. The van der Waals surface area contributed by atoms with E-state index < -0.39 is 5.97 Å². The minimum atomic E-state index is -0.883. The summed E-state index contributed by atoms with van der Waals surface area (Å²) in [6.45, 7) is 24.3. The van der Waals surface area contributed by atoms with Crippen LogP contribution in [0.5, 0.6) is 0 Å². The van der Waals surface area contributed by atoms with Gasteiger partial charge in [0, 0.05) is 20.0 Å². The molecule has 0 spiro atoms. The van der Waals surface area contributed by atoms with Gasteiger partial charge < -0.3 is 15.7 Å². The van der Waals surface area contributed by atoms with Gasteiger partial charge in [0.2, 0.25) is 11.8 Å². The van der Waals surface area contributed by atoms with Crippen LogP contribution in [-0.2, 0) is 9.59 Å². The van der Waals surface area contributed by atoms with Gasteiger partial charge in [-0.1, -0.05) is 65.3 Å². The molecule has 0 radical (unpaired) electrons. The molecule has 0 bridgehead atoms. The monoisotopic (exact) mass is 670 g/mol. The van der Waals surface area contributed by atoms with Gasteiger partial charge in [0.05, 0.1) is 11.0 Å². The maximum atomic E-state index is 14.4. The molecule has 0 aromatic heterocycles. The highest BCUT2D eigenvalue weighted by Gasteiger charge is 2.75. The van der Waals surface area contributed by atoms with E-state index in [0.29, 0.717) is 42.3 Å². The number of hydrogen-bond donors (Lipinski definition) is 3. The Bertz CT molecular complexity index is 1560. The molecule has 9 atom stereocenters. The first kappa shape index (κ1) is 35.9. The molecule has 0 aliphatic heterocycles. The van der Waals surface area contributed by atoms with Gasteiger partial charge in [0.1, 0.15) is 0 Å². The highest BCUT2D eigenvalue weighted by Crippen LogP contribution is 2.81.